The number of halogens is 2. The minimum Gasteiger partial charge on any atom is -0.341 e. The Morgan fingerprint density at radius 2 is 1.76 bits per heavy atom. The highest BCUT2D eigenvalue weighted by atomic mass is 35.5. The lowest BCUT2D eigenvalue weighted by Crippen LogP contribution is -2.45. The van der Waals surface area contributed by atoms with Gasteiger partial charge in [0.05, 0.1) is 10.0 Å². The quantitative estimate of drug-likeness (QED) is 0.353. The number of amides is 1. The van der Waals surface area contributed by atoms with Gasteiger partial charge in [-0.3, -0.25) is 4.79 Å². The van der Waals surface area contributed by atoms with Crippen molar-refractivity contribution in [2.45, 2.75) is 51.5 Å². The molecule has 2 aromatic rings. The first-order valence-corrected chi connectivity index (χ1v) is 13.4. The molecule has 1 amide bonds. The van der Waals surface area contributed by atoms with Crippen molar-refractivity contribution in [2.75, 3.05) is 46.3 Å². The Balaban J connectivity index is 1.64. The van der Waals surface area contributed by atoms with E-state index in [0.29, 0.717) is 28.2 Å². The van der Waals surface area contributed by atoms with Gasteiger partial charge in [-0.05, 0) is 88.2 Å². The number of hydrogen-bond donors (Lipinski definition) is 0. The van der Waals surface area contributed by atoms with Gasteiger partial charge in [-0.1, -0.05) is 61.3 Å². The summed E-state index contributed by atoms with van der Waals surface area (Å²) in [4.78, 5) is 20.0. The summed E-state index contributed by atoms with van der Waals surface area (Å²) in [6.45, 7) is 10.8. The van der Waals surface area contributed by atoms with Gasteiger partial charge in [0.2, 0.25) is 0 Å². The number of likely N-dealkylation sites (N-methyl/N-ethyl adjacent to an activating group) is 1. The minimum absolute atomic E-state index is 0.0436. The number of piperidine rings is 1. The van der Waals surface area contributed by atoms with E-state index in [0.717, 1.165) is 38.2 Å². The molecule has 2 aromatic carbocycles. The Morgan fingerprint density at radius 1 is 1.06 bits per heavy atom. The molecule has 6 heteroatoms. The lowest BCUT2D eigenvalue weighted by Gasteiger charge is -2.38. The van der Waals surface area contributed by atoms with Crippen LogP contribution >= 0.6 is 23.2 Å². The molecule has 0 aliphatic carbocycles. The van der Waals surface area contributed by atoms with E-state index in [4.69, 9.17) is 23.2 Å². The predicted octanol–water partition coefficient (Wildman–Crippen LogP) is 6.44. The molecular weight excluding hydrogens is 465 g/mol. The molecule has 1 aliphatic rings. The highest BCUT2D eigenvalue weighted by Gasteiger charge is 2.25. The Bertz CT molecular complexity index is 900. The highest BCUT2D eigenvalue weighted by molar-refractivity contribution is 6.42. The third kappa shape index (κ3) is 7.45. The SMILES string of the molecule is CCCN(CC)C1CCN(CCC(CN(C)C(=O)c2ccccc2)c2ccc(Cl)c(Cl)c2)CC1. The third-order valence-corrected chi connectivity index (χ3v) is 7.80. The second-order valence-electron chi connectivity index (χ2n) is 9.41. The van der Waals surface area contributed by atoms with Crippen molar-refractivity contribution in [1.29, 1.82) is 0 Å². The Labute approximate surface area is 215 Å². The number of benzene rings is 2. The third-order valence-electron chi connectivity index (χ3n) is 7.06. The zero-order valence-electron chi connectivity index (χ0n) is 20.9. The van der Waals surface area contributed by atoms with Crippen molar-refractivity contribution in [3.05, 3.63) is 69.7 Å². The van der Waals surface area contributed by atoms with E-state index in [1.165, 1.54) is 25.8 Å². The zero-order valence-corrected chi connectivity index (χ0v) is 22.4. The molecule has 1 unspecified atom stereocenters. The molecule has 0 aromatic heterocycles. The van der Waals surface area contributed by atoms with Crippen LogP contribution in [0.1, 0.15) is 61.4 Å². The largest absolute Gasteiger partial charge is 0.341 e. The van der Waals surface area contributed by atoms with Gasteiger partial charge < -0.3 is 14.7 Å². The second kappa shape index (κ2) is 13.5. The van der Waals surface area contributed by atoms with Crippen LogP contribution in [-0.2, 0) is 0 Å². The standard InChI is InChI=1S/C28H39Cl2N3O/c1-4-16-33(5-2)25-14-18-32(19-15-25)17-13-24(23-11-12-26(29)27(30)20-23)21-31(3)28(34)22-9-7-6-8-10-22/h6-12,20,24-25H,4-5,13-19,21H2,1-3H3. The first kappa shape index (κ1) is 27.0. The lowest BCUT2D eigenvalue weighted by atomic mass is 9.93. The Morgan fingerprint density at radius 3 is 2.38 bits per heavy atom. The predicted molar refractivity (Wildman–Crippen MR) is 144 cm³/mol. The maximum absolute atomic E-state index is 13.0. The number of hydrogen-bond acceptors (Lipinski definition) is 3. The van der Waals surface area contributed by atoms with Crippen LogP contribution in [0.25, 0.3) is 0 Å². The highest BCUT2D eigenvalue weighted by Crippen LogP contribution is 2.29. The fourth-order valence-corrected chi connectivity index (χ4v) is 5.38. The molecule has 3 rings (SSSR count). The van der Waals surface area contributed by atoms with Gasteiger partial charge in [0.15, 0.2) is 0 Å². The topological polar surface area (TPSA) is 26.8 Å². The first-order chi connectivity index (χ1) is 16.4. The van der Waals surface area contributed by atoms with Gasteiger partial charge in [0.25, 0.3) is 5.91 Å². The molecule has 4 nitrogen and oxygen atoms in total. The fourth-order valence-electron chi connectivity index (χ4n) is 5.08. The summed E-state index contributed by atoms with van der Waals surface area (Å²) in [6.07, 6.45) is 4.66. The Kier molecular flexibility index (Phi) is 10.7. The summed E-state index contributed by atoms with van der Waals surface area (Å²) >= 11 is 12.5. The molecule has 0 radical (unpaired) electrons. The molecule has 1 heterocycles. The molecule has 1 fully saturated rings. The number of nitrogens with zero attached hydrogens (tertiary/aromatic N) is 3. The van der Waals surface area contributed by atoms with Crippen LogP contribution in [0.4, 0.5) is 0 Å². The maximum atomic E-state index is 13.0. The molecule has 0 spiro atoms. The van der Waals surface area contributed by atoms with E-state index >= 15 is 0 Å². The number of carbonyl (C=O) groups excluding carboxylic acids is 1. The van der Waals surface area contributed by atoms with Gasteiger partial charge in [0, 0.05) is 31.1 Å². The van der Waals surface area contributed by atoms with Gasteiger partial charge in [-0.2, -0.15) is 0 Å². The van der Waals surface area contributed by atoms with Gasteiger partial charge in [0.1, 0.15) is 0 Å². The molecule has 186 valence electrons. The number of likely N-dealkylation sites (tertiary alicyclic amines) is 1. The number of rotatable bonds is 11. The van der Waals surface area contributed by atoms with E-state index in [2.05, 4.69) is 29.7 Å². The van der Waals surface area contributed by atoms with E-state index in [1.807, 2.05) is 54.4 Å². The van der Waals surface area contributed by atoms with Gasteiger partial charge in [-0.15, -0.1) is 0 Å². The van der Waals surface area contributed by atoms with E-state index < -0.39 is 0 Å². The van der Waals surface area contributed by atoms with Crippen LogP contribution in [0.3, 0.4) is 0 Å². The van der Waals surface area contributed by atoms with Crippen LogP contribution in [0.15, 0.2) is 48.5 Å². The summed E-state index contributed by atoms with van der Waals surface area (Å²) in [5.74, 6) is 0.236. The van der Waals surface area contributed by atoms with Crippen molar-refractivity contribution in [1.82, 2.24) is 14.7 Å². The Hall–Kier alpha value is -1.59. The van der Waals surface area contributed by atoms with Gasteiger partial charge >= 0.3 is 0 Å². The molecule has 1 atom stereocenters. The summed E-state index contributed by atoms with van der Waals surface area (Å²) in [5, 5.41) is 1.13. The minimum atomic E-state index is 0.0436. The summed E-state index contributed by atoms with van der Waals surface area (Å²) in [7, 11) is 1.89. The van der Waals surface area contributed by atoms with E-state index in [-0.39, 0.29) is 11.8 Å². The van der Waals surface area contributed by atoms with Crippen molar-refractivity contribution in [3.8, 4) is 0 Å². The molecule has 34 heavy (non-hydrogen) atoms. The number of carbonyl (C=O) groups is 1. The molecular formula is C28H39Cl2N3O. The van der Waals surface area contributed by atoms with Crippen molar-refractivity contribution < 1.29 is 4.79 Å². The summed E-state index contributed by atoms with van der Waals surface area (Å²) < 4.78 is 0. The molecule has 1 saturated heterocycles. The summed E-state index contributed by atoms with van der Waals surface area (Å²) in [5.41, 5.74) is 1.85. The maximum Gasteiger partial charge on any atom is 0.253 e. The second-order valence-corrected chi connectivity index (χ2v) is 10.2. The average Bonchev–Trinajstić information content (AvgIpc) is 2.87. The van der Waals surface area contributed by atoms with Crippen molar-refractivity contribution >= 4 is 29.1 Å². The van der Waals surface area contributed by atoms with E-state index in [9.17, 15) is 4.79 Å². The van der Waals surface area contributed by atoms with Crippen LogP contribution in [0, 0.1) is 0 Å². The van der Waals surface area contributed by atoms with Crippen LogP contribution < -0.4 is 0 Å². The summed E-state index contributed by atoms with van der Waals surface area (Å²) in [6, 6.07) is 16.1. The normalized spacial score (nSPS) is 16.1. The van der Waals surface area contributed by atoms with E-state index in [1.54, 1.807) is 0 Å². The van der Waals surface area contributed by atoms with Crippen LogP contribution in [0.5, 0.6) is 0 Å². The zero-order chi connectivity index (χ0) is 24.5. The average molecular weight is 505 g/mol. The fraction of sp³-hybridized carbons (Fsp3) is 0.536. The van der Waals surface area contributed by atoms with Crippen LogP contribution in [0.2, 0.25) is 10.0 Å². The molecule has 0 saturated carbocycles. The first-order valence-electron chi connectivity index (χ1n) is 12.6. The molecule has 0 N–H and O–H groups in total. The molecule has 0 bridgehead atoms. The van der Waals surface area contributed by atoms with Crippen molar-refractivity contribution in [3.63, 3.8) is 0 Å². The molecule has 1 aliphatic heterocycles. The smallest absolute Gasteiger partial charge is 0.253 e. The lowest BCUT2D eigenvalue weighted by molar-refractivity contribution is 0.0778. The van der Waals surface area contributed by atoms with Crippen LogP contribution in [-0.4, -0.2) is 73.0 Å². The monoisotopic (exact) mass is 503 g/mol. The van der Waals surface area contributed by atoms with Crippen molar-refractivity contribution in [2.24, 2.45) is 0 Å². The van der Waals surface area contributed by atoms with Gasteiger partial charge in [-0.25, -0.2) is 0 Å².